The molecule has 0 radical (unpaired) electrons. The standard InChI is InChI=1S/C10H17NO.ClH/c1-7(2)9-4-10(5-9,6-9)11-8(3)12;/h7H,4-6H2,1-3H3,(H,11,12);1H. The zero-order valence-corrected chi connectivity index (χ0v) is 9.33. The number of nitrogens with one attached hydrogen (secondary N) is 1. The molecule has 3 saturated carbocycles. The van der Waals surface area contributed by atoms with E-state index in [-0.39, 0.29) is 23.9 Å². The number of rotatable bonds is 2. The Morgan fingerprint density at radius 2 is 1.77 bits per heavy atom. The minimum Gasteiger partial charge on any atom is -0.351 e. The lowest BCUT2D eigenvalue weighted by atomic mass is 9.36. The lowest BCUT2D eigenvalue weighted by Gasteiger charge is -2.72. The molecule has 3 fully saturated rings. The molecule has 0 heterocycles. The lowest BCUT2D eigenvalue weighted by molar-refractivity contribution is -0.186. The molecule has 13 heavy (non-hydrogen) atoms. The highest BCUT2D eigenvalue weighted by atomic mass is 35.5. The first-order chi connectivity index (χ1) is 5.48. The summed E-state index contributed by atoms with van der Waals surface area (Å²) in [6, 6.07) is 0. The molecule has 3 aliphatic carbocycles. The third-order valence-corrected chi connectivity index (χ3v) is 3.74. The SMILES string of the molecule is CC(=O)NC12CC(C(C)C)(C1)C2.Cl. The minimum absolute atomic E-state index is 0. The molecule has 3 aliphatic rings. The smallest absolute Gasteiger partial charge is 0.217 e. The van der Waals surface area contributed by atoms with Crippen molar-refractivity contribution in [2.45, 2.75) is 45.6 Å². The van der Waals surface area contributed by atoms with Crippen LogP contribution in [0.15, 0.2) is 0 Å². The molecule has 3 rings (SSSR count). The summed E-state index contributed by atoms with van der Waals surface area (Å²) < 4.78 is 0. The van der Waals surface area contributed by atoms with Gasteiger partial charge < -0.3 is 5.32 Å². The molecule has 76 valence electrons. The second kappa shape index (κ2) is 2.88. The largest absolute Gasteiger partial charge is 0.351 e. The van der Waals surface area contributed by atoms with Crippen LogP contribution in [-0.4, -0.2) is 11.4 Å². The quantitative estimate of drug-likeness (QED) is 0.732. The summed E-state index contributed by atoms with van der Waals surface area (Å²) in [6.07, 6.45) is 3.66. The highest BCUT2D eigenvalue weighted by molar-refractivity contribution is 5.85. The van der Waals surface area contributed by atoms with Crippen molar-refractivity contribution < 1.29 is 4.79 Å². The average Bonchev–Trinajstić information content (AvgIpc) is 1.72. The molecule has 3 heteroatoms. The van der Waals surface area contributed by atoms with Crippen LogP contribution in [0.4, 0.5) is 0 Å². The molecule has 0 aromatic heterocycles. The molecule has 0 aromatic rings. The van der Waals surface area contributed by atoms with Gasteiger partial charge >= 0.3 is 0 Å². The fraction of sp³-hybridized carbons (Fsp3) is 0.900. The molecule has 1 amide bonds. The van der Waals surface area contributed by atoms with Crippen molar-refractivity contribution >= 4 is 18.3 Å². The van der Waals surface area contributed by atoms with Gasteiger partial charge in [-0.05, 0) is 30.6 Å². The maximum Gasteiger partial charge on any atom is 0.217 e. The molecule has 2 nitrogen and oxygen atoms in total. The van der Waals surface area contributed by atoms with Gasteiger partial charge in [0.25, 0.3) is 0 Å². The van der Waals surface area contributed by atoms with E-state index in [9.17, 15) is 4.79 Å². The van der Waals surface area contributed by atoms with E-state index in [4.69, 9.17) is 0 Å². The van der Waals surface area contributed by atoms with Crippen molar-refractivity contribution in [2.24, 2.45) is 11.3 Å². The van der Waals surface area contributed by atoms with E-state index in [1.54, 1.807) is 6.92 Å². The molecule has 0 aromatic carbocycles. The second-order valence-electron chi connectivity index (χ2n) is 5.01. The van der Waals surface area contributed by atoms with Crippen molar-refractivity contribution in [2.75, 3.05) is 0 Å². The molecule has 0 atom stereocenters. The van der Waals surface area contributed by atoms with Gasteiger partial charge in [0.05, 0.1) is 0 Å². The lowest BCUT2D eigenvalue weighted by Crippen LogP contribution is -2.75. The average molecular weight is 204 g/mol. The van der Waals surface area contributed by atoms with Gasteiger partial charge in [-0.2, -0.15) is 0 Å². The summed E-state index contributed by atoms with van der Waals surface area (Å²) in [5.41, 5.74) is 0.832. The van der Waals surface area contributed by atoms with E-state index in [2.05, 4.69) is 19.2 Å². The Morgan fingerprint density at radius 3 is 2.08 bits per heavy atom. The van der Waals surface area contributed by atoms with Gasteiger partial charge in [-0.15, -0.1) is 12.4 Å². The summed E-state index contributed by atoms with van der Waals surface area (Å²) in [5, 5.41) is 3.06. The second-order valence-corrected chi connectivity index (χ2v) is 5.01. The van der Waals surface area contributed by atoms with Gasteiger partial charge in [0.2, 0.25) is 5.91 Å². The third-order valence-electron chi connectivity index (χ3n) is 3.74. The van der Waals surface area contributed by atoms with Crippen LogP contribution in [0, 0.1) is 11.3 Å². The van der Waals surface area contributed by atoms with Crippen LogP contribution in [-0.2, 0) is 4.79 Å². The van der Waals surface area contributed by atoms with Crippen LogP contribution in [0.25, 0.3) is 0 Å². The van der Waals surface area contributed by atoms with Gasteiger partial charge in [-0.3, -0.25) is 4.79 Å². The topological polar surface area (TPSA) is 29.1 Å². The van der Waals surface area contributed by atoms with E-state index >= 15 is 0 Å². The van der Waals surface area contributed by atoms with Crippen LogP contribution in [0.3, 0.4) is 0 Å². The van der Waals surface area contributed by atoms with Gasteiger partial charge in [-0.1, -0.05) is 13.8 Å². The van der Waals surface area contributed by atoms with Crippen LogP contribution < -0.4 is 5.32 Å². The number of halogens is 1. The molecule has 0 unspecified atom stereocenters. The molecule has 2 bridgehead atoms. The molecule has 0 spiro atoms. The number of carbonyl (C=O) groups excluding carboxylic acids is 1. The number of carbonyl (C=O) groups is 1. The monoisotopic (exact) mass is 203 g/mol. The zero-order chi connectivity index (χ0) is 8.98. The Hall–Kier alpha value is -0.240. The van der Waals surface area contributed by atoms with Crippen molar-refractivity contribution in [3.8, 4) is 0 Å². The van der Waals surface area contributed by atoms with E-state index in [0.717, 1.165) is 5.92 Å². The van der Waals surface area contributed by atoms with Gasteiger partial charge in [0.1, 0.15) is 0 Å². The first-order valence-electron chi connectivity index (χ1n) is 4.77. The Labute approximate surface area is 85.9 Å². The summed E-state index contributed by atoms with van der Waals surface area (Å²) in [7, 11) is 0. The molecular weight excluding hydrogens is 186 g/mol. The van der Waals surface area contributed by atoms with Gasteiger partial charge in [-0.25, -0.2) is 0 Å². The van der Waals surface area contributed by atoms with E-state index in [1.807, 2.05) is 0 Å². The Morgan fingerprint density at radius 1 is 1.31 bits per heavy atom. The van der Waals surface area contributed by atoms with E-state index in [1.165, 1.54) is 19.3 Å². The number of hydrogen-bond donors (Lipinski definition) is 1. The summed E-state index contributed by atoms with van der Waals surface area (Å²) in [4.78, 5) is 10.8. The predicted molar refractivity (Wildman–Crippen MR) is 54.9 cm³/mol. The van der Waals surface area contributed by atoms with E-state index < -0.39 is 0 Å². The molecule has 0 aliphatic heterocycles. The highest BCUT2D eigenvalue weighted by Crippen LogP contribution is 2.70. The van der Waals surface area contributed by atoms with Crippen LogP contribution in [0.1, 0.15) is 40.0 Å². The zero-order valence-electron chi connectivity index (χ0n) is 8.52. The van der Waals surface area contributed by atoms with Crippen molar-refractivity contribution in [3.05, 3.63) is 0 Å². The van der Waals surface area contributed by atoms with Crippen LogP contribution in [0.2, 0.25) is 0 Å². The van der Waals surface area contributed by atoms with Crippen molar-refractivity contribution in [1.29, 1.82) is 0 Å². The van der Waals surface area contributed by atoms with Crippen molar-refractivity contribution in [1.82, 2.24) is 5.32 Å². The predicted octanol–water partition coefficient (Wildman–Crippen LogP) is 2.12. The van der Waals surface area contributed by atoms with Crippen molar-refractivity contribution in [3.63, 3.8) is 0 Å². The maximum atomic E-state index is 10.8. The summed E-state index contributed by atoms with van der Waals surface area (Å²) >= 11 is 0. The van der Waals surface area contributed by atoms with Gasteiger partial charge in [0.15, 0.2) is 0 Å². The Kier molecular flexibility index (Phi) is 2.40. The Balaban J connectivity index is 0.000000845. The molecule has 1 N–H and O–H groups in total. The fourth-order valence-corrected chi connectivity index (χ4v) is 2.98. The maximum absolute atomic E-state index is 10.8. The molecule has 0 saturated heterocycles. The highest BCUT2D eigenvalue weighted by Gasteiger charge is 2.68. The van der Waals surface area contributed by atoms with Crippen LogP contribution in [0.5, 0.6) is 0 Å². The summed E-state index contributed by atoms with van der Waals surface area (Å²) in [5.74, 6) is 0.917. The van der Waals surface area contributed by atoms with Crippen LogP contribution >= 0.6 is 12.4 Å². The fourth-order valence-electron chi connectivity index (χ4n) is 2.98. The minimum atomic E-state index is 0. The number of amides is 1. The first kappa shape index (κ1) is 10.8. The molecular formula is C10H18ClNO. The normalized spacial score (nSPS) is 40.0. The summed E-state index contributed by atoms with van der Waals surface area (Å²) in [6.45, 7) is 6.19. The van der Waals surface area contributed by atoms with E-state index in [0.29, 0.717) is 5.41 Å². The first-order valence-corrected chi connectivity index (χ1v) is 4.77. The third kappa shape index (κ3) is 1.35. The number of hydrogen-bond acceptors (Lipinski definition) is 1. The Bertz CT molecular complexity index is 217. The van der Waals surface area contributed by atoms with Gasteiger partial charge in [0, 0.05) is 12.5 Å².